The van der Waals surface area contributed by atoms with Gasteiger partial charge < -0.3 is 14.8 Å². The molecule has 2 aromatic rings. The van der Waals surface area contributed by atoms with Crippen molar-refractivity contribution in [2.24, 2.45) is 0 Å². The van der Waals surface area contributed by atoms with E-state index < -0.39 is 5.95 Å². The standard InChI is InChI=1S/C16H19FN2O2/c1-11(18-16-6-4-5-15(17)19-16)12-7-8-14(21-3)13(9-12)10-20-2/h4-9,11H,10H2,1-3H3,(H,18,19). The molecule has 0 aliphatic carbocycles. The van der Waals surface area contributed by atoms with Crippen LogP contribution in [0.5, 0.6) is 5.75 Å². The first-order valence-corrected chi connectivity index (χ1v) is 6.69. The number of hydrogen-bond acceptors (Lipinski definition) is 4. The molecule has 0 saturated carbocycles. The molecule has 0 fully saturated rings. The van der Waals surface area contributed by atoms with Crippen molar-refractivity contribution in [3.8, 4) is 5.75 Å². The lowest BCUT2D eigenvalue weighted by molar-refractivity contribution is 0.181. The molecule has 0 saturated heterocycles. The third-order valence-electron chi connectivity index (χ3n) is 3.18. The van der Waals surface area contributed by atoms with E-state index in [0.29, 0.717) is 12.4 Å². The minimum absolute atomic E-state index is 0.0131. The smallest absolute Gasteiger partial charge is 0.214 e. The normalized spacial score (nSPS) is 12.0. The molecule has 1 unspecified atom stereocenters. The first-order valence-electron chi connectivity index (χ1n) is 6.69. The van der Waals surface area contributed by atoms with Crippen LogP contribution in [-0.2, 0) is 11.3 Å². The van der Waals surface area contributed by atoms with Gasteiger partial charge in [-0.25, -0.2) is 4.98 Å². The van der Waals surface area contributed by atoms with E-state index in [4.69, 9.17) is 9.47 Å². The maximum Gasteiger partial charge on any atom is 0.214 e. The Balaban J connectivity index is 2.18. The summed E-state index contributed by atoms with van der Waals surface area (Å²) in [7, 11) is 3.27. The van der Waals surface area contributed by atoms with Gasteiger partial charge in [0.25, 0.3) is 0 Å². The van der Waals surface area contributed by atoms with Gasteiger partial charge in [-0.05, 0) is 36.8 Å². The molecule has 0 amide bonds. The fourth-order valence-electron chi connectivity index (χ4n) is 2.13. The van der Waals surface area contributed by atoms with E-state index in [9.17, 15) is 4.39 Å². The number of anilines is 1. The number of halogens is 1. The summed E-state index contributed by atoms with van der Waals surface area (Å²) in [5.74, 6) is 0.797. The number of aromatic nitrogens is 1. The Labute approximate surface area is 123 Å². The number of hydrogen-bond donors (Lipinski definition) is 1. The van der Waals surface area contributed by atoms with Gasteiger partial charge in [-0.2, -0.15) is 4.39 Å². The maximum atomic E-state index is 13.1. The van der Waals surface area contributed by atoms with Crippen molar-refractivity contribution in [1.29, 1.82) is 0 Å². The largest absolute Gasteiger partial charge is 0.496 e. The first-order chi connectivity index (χ1) is 10.1. The molecule has 112 valence electrons. The Hall–Kier alpha value is -2.14. The third kappa shape index (κ3) is 3.92. The Morgan fingerprint density at radius 3 is 2.71 bits per heavy atom. The quantitative estimate of drug-likeness (QED) is 0.826. The number of ether oxygens (including phenoxy) is 2. The van der Waals surface area contributed by atoms with Crippen molar-refractivity contribution in [3.05, 3.63) is 53.5 Å². The van der Waals surface area contributed by atoms with Crippen LogP contribution in [-0.4, -0.2) is 19.2 Å². The predicted molar refractivity (Wildman–Crippen MR) is 79.9 cm³/mol. The predicted octanol–water partition coefficient (Wildman–Crippen LogP) is 3.55. The zero-order chi connectivity index (χ0) is 15.2. The van der Waals surface area contributed by atoms with Crippen molar-refractivity contribution >= 4 is 5.82 Å². The number of nitrogens with zero attached hydrogens (tertiary/aromatic N) is 1. The second-order valence-corrected chi connectivity index (χ2v) is 4.72. The molecule has 0 radical (unpaired) electrons. The van der Waals surface area contributed by atoms with Gasteiger partial charge >= 0.3 is 0 Å². The molecular formula is C16H19FN2O2. The van der Waals surface area contributed by atoms with E-state index in [2.05, 4.69) is 10.3 Å². The maximum absolute atomic E-state index is 13.1. The molecule has 1 N–H and O–H groups in total. The van der Waals surface area contributed by atoms with E-state index in [0.717, 1.165) is 16.9 Å². The summed E-state index contributed by atoms with van der Waals surface area (Å²) in [6.45, 7) is 2.47. The monoisotopic (exact) mass is 290 g/mol. The molecule has 1 aromatic carbocycles. The fraction of sp³-hybridized carbons (Fsp3) is 0.312. The van der Waals surface area contributed by atoms with E-state index in [1.165, 1.54) is 6.07 Å². The average molecular weight is 290 g/mol. The van der Waals surface area contributed by atoms with Crippen LogP contribution in [0, 0.1) is 5.95 Å². The fourth-order valence-corrected chi connectivity index (χ4v) is 2.13. The summed E-state index contributed by atoms with van der Waals surface area (Å²) in [6.07, 6.45) is 0. The topological polar surface area (TPSA) is 43.4 Å². The molecule has 0 aliphatic rings. The summed E-state index contributed by atoms with van der Waals surface area (Å²) >= 11 is 0. The van der Waals surface area contributed by atoms with Gasteiger partial charge in [-0.3, -0.25) is 0 Å². The molecule has 0 bridgehead atoms. The molecule has 0 aliphatic heterocycles. The number of methoxy groups -OCH3 is 2. The van der Waals surface area contributed by atoms with Crippen molar-refractivity contribution in [1.82, 2.24) is 4.98 Å². The molecule has 1 atom stereocenters. The zero-order valence-electron chi connectivity index (χ0n) is 12.4. The molecule has 5 heteroatoms. The lowest BCUT2D eigenvalue weighted by Gasteiger charge is -2.17. The van der Waals surface area contributed by atoms with E-state index in [-0.39, 0.29) is 6.04 Å². The summed E-state index contributed by atoms with van der Waals surface area (Å²) in [6, 6.07) is 10.6. The highest BCUT2D eigenvalue weighted by atomic mass is 19.1. The second-order valence-electron chi connectivity index (χ2n) is 4.72. The van der Waals surface area contributed by atoms with Gasteiger partial charge in [0.05, 0.1) is 13.7 Å². The lowest BCUT2D eigenvalue weighted by Crippen LogP contribution is -2.09. The van der Waals surface area contributed by atoms with Crippen LogP contribution < -0.4 is 10.1 Å². The van der Waals surface area contributed by atoms with Crippen LogP contribution in [0.4, 0.5) is 10.2 Å². The number of benzene rings is 1. The summed E-state index contributed by atoms with van der Waals surface area (Å²) < 4.78 is 23.6. The van der Waals surface area contributed by atoms with Crippen LogP contribution in [0.15, 0.2) is 36.4 Å². The van der Waals surface area contributed by atoms with Gasteiger partial charge in [0.2, 0.25) is 5.95 Å². The van der Waals surface area contributed by atoms with Crippen molar-refractivity contribution in [2.45, 2.75) is 19.6 Å². The van der Waals surface area contributed by atoms with Crippen LogP contribution in [0.1, 0.15) is 24.1 Å². The Morgan fingerprint density at radius 1 is 1.24 bits per heavy atom. The van der Waals surface area contributed by atoms with Crippen LogP contribution in [0.2, 0.25) is 0 Å². The van der Waals surface area contributed by atoms with Crippen LogP contribution in [0.25, 0.3) is 0 Å². The highest BCUT2D eigenvalue weighted by Crippen LogP contribution is 2.25. The lowest BCUT2D eigenvalue weighted by atomic mass is 10.0. The zero-order valence-corrected chi connectivity index (χ0v) is 12.4. The van der Waals surface area contributed by atoms with E-state index >= 15 is 0 Å². The third-order valence-corrected chi connectivity index (χ3v) is 3.18. The summed E-state index contributed by atoms with van der Waals surface area (Å²) in [5.41, 5.74) is 2.02. The minimum Gasteiger partial charge on any atom is -0.496 e. The van der Waals surface area contributed by atoms with Gasteiger partial charge in [-0.15, -0.1) is 0 Å². The van der Waals surface area contributed by atoms with E-state index in [1.807, 2.05) is 25.1 Å². The highest BCUT2D eigenvalue weighted by molar-refractivity contribution is 5.42. The van der Waals surface area contributed by atoms with Gasteiger partial charge in [0.1, 0.15) is 11.6 Å². The number of pyridine rings is 1. The molecular weight excluding hydrogens is 271 g/mol. The van der Waals surface area contributed by atoms with Gasteiger partial charge in [0.15, 0.2) is 0 Å². The Morgan fingerprint density at radius 2 is 2.05 bits per heavy atom. The molecule has 21 heavy (non-hydrogen) atoms. The van der Waals surface area contributed by atoms with Crippen LogP contribution in [0.3, 0.4) is 0 Å². The molecule has 1 heterocycles. The highest BCUT2D eigenvalue weighted by Gasteiger charge is 2.10. The van der Waals surface area contributed by atoms with Crippen molar-refractivity contribution in [2.75, 3.05) is 19.5 Å². The summed E-state index contributed by atoms with van der Waals surface area (Å²) in [4.78, 5) is 3.80. The second kappa shape index (κ2) is 7.04. The average Bonchev–Trinajstić information content (AvgIpc) is 2.47. The minimum atomic E-state index is -0.498. The Kier molecular flexibility index (Phi) is 5.11. The SMILES string of the molecule is COCc1cc(C(C)Nc2cccc(F)n2)ccc1OC. The van der Waals surface area contributed by atoms with E-state index in [1.54, 1.807) is 26.4 Å². The molecule has 0 spiro atoms. The van der Waals surface area contributed by atoms with Crippen LogP contribution >= 0.6 is 0 Å². The first kappa shape index (κ1) is 15.3. The van der Waals surface area contributed by atoms with Crippen molar-refractivity contribution < 1.29 is 13.9 Å². The molecule has 2 rings (SSSR count). The molecule has 1 aromatic heterocycles. The van der Waals surface area contributed by atoms with Gasteiger partial charge in [0, 0.05) is 18.7 Å². The summed E-state index contributed by atoms with van der Waals surface area (Å²) in [5, 5.41) is 3.17. The Bertz CT molecular complexity index is 605. The number of nitrogens with one attached hydrogen (secondary N) is 1. The molecule has 4 nitrogen and oxygen atoms in total. The van der Waals surface area contributed by atoms with Crippen molar-refractivity contribution in [3.63, 3.8) is 0 Å². The van der Waals surface area contributed by atoms with Gasteiger partial charge in [-0.1, -0.05) is 12.1 Å². The number of rotatable bonds is 6.